The number of nitrogens with zero attached hydrogens (tertiary/aromatic N) is 5. The maximum atomic E-state index is 11.5. The van der Waals surface area contributed by atoms with E-state index in [9.17, 15) is 14.9 Å². The number of rotatable bonds is 5. The molecule has 0 saturated heterocycles. The van der Waals surface area contributed by atoms with Crippen molar-refractivity contribution in [2.24, 2.45) is 0 Å². The summed E-state index contributed by atoms with van der Waals surface area (Å²) in [5.74, 6) is 0.495. The van der Waals surface area contributed by atoms with Gasteiger partial charge in [-0.15, -0.1) is 11.3 Å². The molecule has 3 aromatic heterocycles. The predicted molar refractivity (Wildman–Crippen MR) is 114 cm³/mol. The number of benzene rings is 1. The summed E-state index contributed by atoms with van der Waals surface area (Å²) in [6.07, 6.45) is 9.24. The topological polar surface area (TPSA) is 121 Å². The number of fused-ring (bicyclic) bond motifs is 3. The highest BCUT2D eigenvalue weighted by Gasteiger charge is 2.25. The molecule has 0 unspecified atom stereocenters. The number of ether oxygens (including phenoxy) is 1. The fraction of sp³-hybridized carbons (Fsp3) is 0.190. The number of carbonyl (C=O) groups excluding carboxylic acids is 1. The smallest absolute Gasteiger partial charge is 0.311 e. The van der Waals surface area contributed by atoms with Crippen LogP contribution in [0.4, 0.5) is 5.69 Å². The summed E-state index contributed by atoms with van der Waals surface area (Å²) < 4.78 is 6.02. The van der Waals surface area contributed by atoms with Gasteiger partial charge < -0.3 is 4.74 Å². The van der Waals surface area contributed by atoms with Gasteiger partial charge in [-0.25, -0.2) is 9.97 Å². The van der Waals surface area contributed by atoms with Gasteiger partial charge in [0.05, 0.1) is 16.5 Å². The molecule has 3 heterocycles. The van der Waals surface area contributed by atoms with Crippen LogP contribution >= 0.6 is 11.3 Å². The Kier molecular flexibility index (Phi) is 4.83. The first kappa shape index (κ1) is 19.2. The number of aromatic nitrogens is 4. The Morgan fingerprint density at radius 1 is 1.16 bits per heavy atom. The van der Waals surface area contributed by atoms with Crippen LogP contribution in [-0.2, 0) is 12.8 Å². The van der Waals surface area contributed by atoms with Crippen molar-refractivity contribution in [3.05, 3.63) is 62.9 Å². The first-order valence-corrected chi connectivity index (χ1v) is 10.5. The number of nitro groups is 1. The lowest BCUT2D eigenvalue weighted by atomic mass is 9.97. The molecule has 0 saturated carbocycles. The fourth-order valence-corrected chi connectivity index (χ4v) is 4.92. The van der Waals surface area contributed by atoms with Crippen LogP contribution in [0.2, 0.25) is 0 Å². The minimum Gasteiger partial charge on any atom is -0.431 e. The second-order valence-corrected chi connectivity index (χ2v) is 8.12. The maximum absolute atomic E-state index is 11.5. The van der Waals surface area contributed by atoms with Crippen molar-refractivity contribution in [3.8, 4) is 23.1 Å². The average Bonchev–Trinajstić information content (AvgIpc) is 3.18. The lowest BCUT2D eigenvalue weighted by Crippen LogP contribution is -2.02. The number of aldehydes is 1. The van der Waals surface area contributed by atoms with Crippen LogP contribution in [0.5, 0.6) is 11.6 Å². The number of carbonyl (C=O) groups is 1. The van der Waals surface area contributed by atoms with E-state index in [-0.39, 0.29) is 22.9 Å². The Balaban J connectivity index is 1.73. The summed E-state index contributed by atoms with van der Waals surface area (Å²) in [5.41, 5.74) is 1.62. The van der Waals surface area contributed by atoms with Crippen LogP contribution in [0.3, 0.4) is 0 Å². The summed E-state index contributed by atoms with van der Waals surface area (Å²) >= 11 is 1.58. The maximum Gasteiger partial charge on any atom is 0.311 e. The molecule has 0 radical (unpaired) electrons. The fourth-order valence-electron chi connectivity index (χ4n) is 3.67. The van der Waals surface area contributed by atoms with Gasteiger partial charge >= 0.3 is 5.69 Å². The highest BCUT2D eigenvalue weighted by molar-refractivity contribution is 7.18. The molecule has 31 heavy (non-hydrogen) atoms. The third kappa shape index (κ3) is 3.50. The van der Waals surface area contributed by atoms with Gasteiger partial charge in [-0.1, -0.05) is 0 Å². The van der Waals surface area contributed by atoms with E-state index in [1.165, 1.54) is 23.1 Å². The molecule has 0 amide bonds. The van der Waals surface area contributed by atoms with Crippen molar-refractivity contribution >= 4 is 33.5 Å². The average molecular weight is 433 g/mol. The molecule has 0 atom stereocenters. The lowest BCUT2D eigenvalue weighted by molar-refractivity contribution is -0.385. The molecular formula is C21H15N5O4S. The zero-order valence-electron chi connectivity index (χ0n) is 16.1. The second-order valence-electron chi connectivity index (χ2n) is 7.04. The van der Waals surface area contributed by atoms with Crippen molar-refractivity contribution in [3.63, 3.8) is 0 Å². The molecule has 0 aliphatic heterocycles. The molecule has 154 valence electrons. The SMILES string of the molecule is O=Cc1ccc([N+](=O)[O-])c(Oc2nc(-c3cnccn3)nc3sc4c(c23)CCCC4)c1. The normalized spacial score (nSPS) is 13.0. The van der Waals surface area contributed by atoms with Crippen LogP contribution in [-0.4, -0.2) is 31.1 Å². The molecule has 0 N–H and O–H groups in total. The van der Waals surface area contributed by atoms with Crippen molar-refractivity contribution in [1.29, 1.82) is 0 Å². The van der Waals surface area contributed by atoms with Gasteiger partial charge in [-0.2, -0.15) is 4.98 Å². The molecule has 5 rings (SSSR count). The molecule has 9 nitrogen and oxygen atoms in total. The number of thiophene rings is 1. The summed E-state index contributed by atoms with van der Waals surface area (Å²) in [5, 5.41) is 12.3. The Labute approximate surface area is 179 Å². The van der Waals surface area contributed by atoms with E-state index in [1.54, 1.807) is 29.9 Å². The Hall–Kier alpha value is -3.79. The van der Waals surface area contributed by atoms with Crippen molar-refractivity contribution in [2.75, 3.05) is 0 Å². The van der Waals surface area contributed by atoms with Crippen molar-refractivity contribution < 1.29 is 14.5 Å². The molecule has 1 aromatic carbocycles. The van der Waals surface area contributed by atoms with E-state index in [0.29, 0.717) is 17.8 Å². The minimum absolute atomic E-state index is 0.0459. The Morgan fingerprint density at radius 3 is 2.81 bits per heavy atom. The van der Waals surface area contributed by atoms with Crippen molar-refractivity contribution in [2.45, 2.75) is 25.7 Å². The van der Waals surface area contributed by atoms with E-state index in [1.807, 2.05) is 0 Å². The largest absolute Gasteiger partial charge is 0.431 e. The quantitative estimate of drug-likeness (QED) is 0.255. The van der Waals surface area contributed by atoms with E-state index in [2.05, 4.69) is 19.9 Å². The molecule has 0 fully saturated rings. The van der Waals surface area contributed by atoms with Crippen LogP contribution in [0.15, 0.2) is 36.8 Å². The van der Waals surface area contributed by atoms with E-state index in [4.69, 9.17) is 4.74 Å². The number of hydrogen-bond acceptors (Lipinski definition) is 9. The van der Waals surface area contributed by atoms with E-state index < -0.39 is 4.92 Å². The van der Waals surface area contributed by atoms with Crippen molar-refractivity contribution in [1.82, 2.24) is 19.9 Å². The first-order valence-electron chi connectivity index (χ1n) is 9.64. The van der Waals surface area contributed by atoms with Crippen LogP contribution in [0.1, 0.15) is 33.6 Å². The standard InChI is InChI=1S/C21H15N5O4S/c27-11-12-5-6-15(26(28)29)16(9-12)30-20-18-13-3-1-2-4-17(13)31-21(18)25-19(24-20)14-10-22-7-8-23-14/h5-11H,1-4H2. The Bertz CT molecular complexity index is 1320. The number of hydrogen-bond donors (Lipinski definition) is 0. The third-order valence-corrected chi connectivity index (χ3v) is 6.28. The predicted octanol–water partition coefficient (Wildman–Crippen LogP) is 4.54. The number of nitro benzene ring substituents is 1. The zero-order chi connectivity index (χ0) is 21.4. The Morgan fingerprint density at radius 2 is 2.03 bits per heavy atom. The van der Waals surface area contributed by atoms with Crippen LogP contribution in [0.25, 0.3) is 21.7 Å². The molecule has 1 aliphatic rings. The highest BCUT2D eigenvalue weighted by Crippen LogP contribution is 2.42. The molecule has 10 heteroatoms. The van der Waals surface area contributed by atoms with Gasteiger partial charge in [-0.05, 0) is 43.4 Å². The monoisotopic (exact) mass is 433 g/mol. The molecule has 0 spiro atoms. The van der Waals surface area contributed by atoms with Gasteiger partial charge in [0.25, 0.3) is 0 Å². The lowest BCUT2D eigenvalue weighted by Gasteiger charge is -2.13. The summed E-state index contributed by atoms with van der Waals surface area (Å²) in [4.78, 5) is 41.8. The summed E-state index contributed by atoms with van der Waals surface area (Å²) in [7, 11) is 0. The minimum atomic E-state index is -0.547. The van der Waals surface area contributed by atoms with Gasteiger partial charge in [-0.3, -0.25) is 19.9 Å². The molecule has 1 aliphatic carbocycles. The van der Waals surface area contributed by atoms with Crippen LogP contribution < -0.4 is 4.74 Å². The first-order chi connectivity index (χ1) is 15.1. The number of aryl methyl sites for hydroxylation is 2. The van der Waals surface area contributed by atoms with E-state index >= 15 is 0 Å². The summed E-state index contributed by atoms with van der Waals surface area (Å²) in [6, 6.07) is 3.98. The van der Waals surface area contributed by atoms with Gasteiger partial charge in [0, 0.05) is 28.9 Å². The van der Waals surface area contributed by atoms with E-state index in [0.717, 1.165) is 41.5 Å². The third-order valence-electron chi connectivity index (χ3n) is 5.10. The van der Waals surface area contributed by atoms with Crippen LogP contribution in [0, 0.1) is 10.1 Å². The second kappa shape index (κ2) is 7.80. The molecule has 4 aromatic rings. The molecule has 0 bridgehead atoms. The zero-order valence-corrected chi connectivity index (χ0v) is 17.0. The van der Waals surface area contributed by atoms with Gasteiger partial charge in [0.15, 0.2) is 5.82 Å². The summed E-state index contributed by atoms with van der Waals surface area (Å²) in [6.45, 7) is 0. The van der Waals surface area contributed by atoms with Gasteiger partial charge in [0.1, 0.15) is 16.8 Å². The van der Waals surface area contributed by atoms with Gasteiger partial charge in [0.2, 0.25) is 11.6 Å². The highest BCUT2D eigenvalue weighted by atomic mass is 32.1. The molecular weight excluding hydrogens is 418 g/mol.